The Morgan fingerprint density at radius 3 is 2.75 bits per heavy atom. The van der Waals surface area contributed by atoms with Crippen molar-refractivity contribution < 1.29 is 9.18 Å². The summed E-state index contributed by atoms with van der Waals surface area (Å²) in [4.78, 5) is 22.1. The van der Waals surface area contributed by atoms with E-state index in [-0.39, 0.29) is 11.7 Å². The summed E-state index contributed by atoms with van der Waals surface area (Å²) < 4.78 is 14.7. The first kappa shape index (κ1) is 18.0. The molecule has 0 aliphatic carbocycles. The lowest BCUT2D eigenvalue weighted by atomic mass is 10.1. The van der Waals surface area contributed by atoms with Crippen molar-refractivity contribution in [2.75, 3.05) is 5.32 Å². The maximum absolute atomic E-state index is 13.1. The van der Waals surface area contributed by atoms with Crippen molar-refractivity contribution in [3.8, 4) is 5.82 Å². The van der Waals surface area contributed by atoms with Crippen LogP contribution >= 0.6 is 11.3 Å². The number of carbonyl (C=O) groups is 1. The summed E-state index contributed by atoms with van der Waals surface area (Å²) in [5.41, 5.74) is 2.16. The van der Waals surface area contributed by atoms with E-state index < -0.39 is 0 Å². The van der Waals surface area contributed by atoms with Gasteiger partial charge in [0.15, 0.2) is 5.82 Å². The number of aryl methyl sites for hydroxylation is 1. The number of thiazole rings is 1. The van der Waals surface area contributed by atoms with E-state index in [1.807, 2.05) is 0 Å². The van der Waals surface area contributed by atoms with Crippen LogP contribution in [-0.2, 0) is 6.42 Å². The summed E-state index contributed by atoms with van der Waals surface area (Å²) in [5, 5.41) is 7.87. The Kier molecular flexibility index (Phi) is 4.94. The lowest BCUT2D eigenvalue weighted by Gasteiger charge is -2.09. The zero-order valence-electron chi connectivity index (χ0n) is 15.0. The Morgan fingerprint density at radius 1 is 1.18 bits per heavy atom. The van der Waals surface area contributed by atoms with Crippen LogP contribution < -0.4 is 5.32 Å². The molecule has 0 atom stereocenters. The molecule has 140 valence electrons. The standard InChI is InChI=1S/C20H16FN5OS/c1-13-18(28-17(24-13)12-14-5-7-15(21)8-6-14)20(27)25-16-4-2-9-22-19(16)26-11-3-10-23-26/h2-11H,12H2,1H3,(H,25,27). The molecule has 1 aromatic carbocycles. The van der Waals surface area contributed by atoms with Crippen molar-refractivity contribution in [1.82, 2.24) is 19.7 Å². The number of benzene rings is 1. The molecule has 0 radical (unpaired) electrons. The Morgan fingerprint density at radius 2 is 2.00 bits per heavy atom. The van der Waals surface area contributed by atoms with Crippen molar-refractivity contribution in [1.29, 1.82) is 0 Å². The molecule has 0 spiro atoms. The van der Waals surface area contributed by atoms with Crippen LogP contribution in [0.4, 0.5) is 10.1 Å². The third-order valence-corrected chi connectivity index (χ3v) is 5.23. The van der Waals surface area contributed by atoms with Gasteiger partial charge < -0.3 is 5.32 Å². The second-order valence-corrected chi connectivity index (χ2v) is 7.19. The maximum atomic E-state index is 13.1. The second kappa shape index (κ2) is 7.69. The van der Waals surface area contributed by atoms with Crippen LogP contribution in [0.3, 0.4) is 0 Å². The summed E-state index contributed by atoms with van der Waals surface area (Å²) >= 11 is 1.33. The highest BCUT2D eigenvalue weighted by Crippen LogP contribution is 2.24. The van der Waals surface area contributed by atoms with Gasteiger partial charge in [-0.15, -0.1) is 11.3 Å². The van der Waals surface area contributed by atoms with E-state index in [4.69, 9.17) is 0 Å². The van der Waals surface area contributed by atoms with E-state index in [1.165, 1.54) is 23.5 Å². The molecule has 0 saturated carbocycles. The van der Waals surface area contributed by atoms with Crippen LogP contribution in [-0.4, -0.2) is 25.7 Å². The molecule has 0 fully saturated rings. The maximum Gasteiger partial charge on any atom is 0.267 e. The van der Waals surface area contributed by atoms with E-state index in [0.29, 0.717) is 28.5 Å². The molecular weight excluding hydrogens is 377 g/mol. The molecule has 0 aliphatic heterocycles. The number of aromatic nitrogens is 4. The first-order chi connectivity index (χ1) is 13.6. The first-order valence-electron chi connectivity index (χ1n) is 8.57. The average Bonchev–Trinajstić information content (AvgIpc) is 3.34. The minimum absolute atomic E-state index is 0.248. The minimum Gasteiger partial charge on any atom is -0.318 e. The monoisotopic (exact) mass is 393 g/mol. The topological polar surface area (TPSA) is 72.7 Å². The number of pyridine rings is 1. The van der Waals surface area contributed by atoms with Crippen molar-refractivity contribution in [2.24, 2.45) is 0 Å². The van der Waals surface area contributed by atoms with E-state index in [0.717, 1.165) is 10.6 Å². The molecule has 1 amide bonds. The Bertz CT molecular complexity index is 1110. The Labute approximate surface area is 164 Å². The third kappa shape index (κ3) is 3.81. The lowest BCUT2D eigenvalue weighted by molar-refractivity contribution is 0.102. The number of anilines is 1. The fraction of sp³-hybridized carbons (Fsp3) is 0.100. The molecule has 4 rings (SSSR count). The lowest BCUT2D eigenvalue weighted by Crippen LogP contribution is -2.14. The first-order valence-corrected chi connectivity index (χ1v) is 9.39. The largest absolute Gasteiger partial charge is 0.318 e. The number of halogens is 1. The molecule has 3 heterocycles. The second-order valence-electron chi connectivity index (χ2n) is 6.10. The fourth-order valence-electron chi connectivity index (χ4n) is 2.77. The number of amides is 1. The zero-order valence-corrected chi connectivity index (χ0v) is 15.8. The Hall–Kier alpha value is -3.39. The van der Waals surface area contributed by atoms with E-state index >= 15 is 0 Å². The van der Waals surface area contributed by atoms with Gasteiger partial charge in [0.1, 0.15) is 10.7 Å². The molecule has 0 unspecified atom stereocenters. The van der Waals surface area contributed by atoms with Crippen LogP contribution in [0.25, 0.3) is 5.82 Å². The van der Waals surface area contributed by atoms with Crippen LogP contribution in [0.2, 0.25) is 0 Å². The van der Waals surface area contributed by atoms with Crippen molar-refractivity contribution in [3.63, 3.8) is 0 Å². The van der Waals surface area contributed by atoms with Gasteiger partial charge in [-0.2, -0.15) is 5.10 Å². The minimum atomic E-state index is -0.274. The van der Waals surface area contributed by atoms with E-state index in [9.17, 15) is 9.18 Å². The van der Waals surface area contributed by atoms with Crippen LogP contribution in [0.5, 0.6) is 0 Å². The molecule has 1 N–H and O–H groups in total. The number of carbonyl (C=O) groups excluding carboxylic acids is 1. The normalized spacial score (nSPS) is 10.8. The fourth-order valence-corrected chi connectivity index (χ4v) is 3.76. The number of rotatable bonds is 5. The molecule has 6 nitrogen and oxygen atoms in total. The average molecular weight is 393 g/mol. The van der Waals surface area contributed by atoms with Crippen molar-refractivity contribution in [2.45, 2.75) is 13.3 Å². The number of hydrogen-bond acceptors (Lipinski definition) is 5. The summed E-state index contributed by atoms with van der Waals surface area (Å²) in [6.45, 7) is 1.80. The molecule has 8 heteroatoms. The molecule has 0 bridgehead atoms. The smallest absolute Gasteiger partial charge is 0.267 e. The summed E-state index contributed by atoms with van der Waals surface area (Å²) in [6, 6.07) is 11.6. The van der Waals surface area contributed by atoms with Gasteiger partial charge in [-0.25, -0.2) is 19.0 Å². The zero-order chi connectivity index (χ0) is 19.5. The molecule has 4 aromatic rings. The molecule has 0 saturated heterocycles. The van der Waals surface area contributed by atoms with Gasteiger partial charge in [0, 0.05) is 25.0 Å². The predicted octanol–water partition coefficient (Wildman–Crippen LogP) is 4.01. The third-order valence-electron chi connectivity index (χ3n) is 4.07. The van der Waals surface area contributed by atoms with Crippen molar-refractivity contribution in [3.05, 3.63) is 88.0 Å². The van der Waals surface area contributed by atoms with Crippen LogP contribution in [0.15, 0.2) is 61.1 Å². The van der Waals surface area contributed by atoms with E-state index in [1.54, 1.807) is 60.5 Å². The number of nitrogens with one attached hydrogen (secondary N) is 1. The van der Waals surface area contributed by atoms with Gasteiger partial charge in [0.25, 0.3) is 5.91 Å². The molecular formula is C20H16FN5OS. The van der Waals surface area contributed by atoms with Crippen LogP contribution in [0.1, 0.15) is 25.9 Å². The van der Waals surface area contributed by atoms with Gasteiger partial charge in [0.2, 0.25) is 0 Å². The number of hydrogen-bond donors (Lipinski definition) is 1. The SMILES string of the molecule is Cc1nc(Cc2ccc(F)cc2)sc1C(=O)Nc1cccnc1-n1cccn1. The van der Waals surface area contributed by atoms with Gasteiger partial charge in [-0.3, -0.25) is 4.79 Å². The highest BCUT2D eigenvalue weighted by atomic mass is 32.1. The molecule has 28 heavy (non-hydrogen) atoms. The van der Waals surface area contributed by atoms with Gasteiger partial charge >= 0.3 is 0 Å². The van der Waals surface area contributed by atoms with Gasteiger partial charge in [-0.05, 0) is 42.8 Å². The van der Waals surface area contributed by atoms with E-state index in [2.05, 4.69) is 20.4 Å². The summed E-state index contributed by atoms with van der Waals surface area (Å²) in [5.74, 6) is 0.0138. The van der Waals surface area contributed by atoms with Gasteiger partial charge in [0.05, 0.1) is 16.4 Å². The highest BCUT2D eigenvalue weighted by molar-refractivity contribution is 7.14. The van der Waals surface area contributed by atoms with Crippen molar-refractivity contribution >= 4 is 22.9 Å². The summed E-state index contributed by atoms with van der Waals surface area (Å²) in [7, 11) is 0. The van der Waals surface area contributed by atoms with Gasteiger partial charge in [-0.1, -0.05) is 12.1 Å². The summed E-state index contributed by atoms with van der Waals surface area (Å²) in [6.07, 6.45) is 5.60. The molecule has 3 aromatic heterocycles. The molecule has 0 aliphatic rings. The van der Waals surface area contributed by atoms with Crippen LogP contribution in [0, 0.1) is 12.7 Å². The number of nitrogens with zero attached hydrogens (tertiary/aromatic N) is 4. The Balaban J connectivity index is 1.55. The predicted molar refractivity (Wildman–Crippen MR) is 105 cm³/mol. The quantitative estimate of drug-likeness (QED) is 0.556. The highest BCUT2D eigenvalue weighted by Gasteiger charge is 2.18.